The summed E-state index contributed by atoms with van der Waals surface area (Å²) in [4.78, 5) is 24.3. The zero-order valence-corrected chi connectivity index (χ0v) is 19.6. The number of hydrogen-bond acceptors (Lipinski definition) is 4. The molecular weight excluding hydrogens is 380 g/mol. The van der Waals surface area contributed by atoms with Crippen LogP contribution in [0.2, 0.25) is 0 Å². The van der Waals surface area contributed by atoms with Gasteiger partial charge in [0.25, 0.3) is 0 Å². The summed E-state index contributed by atoms with van der Waals surface area (Å²) in [5.41, 5.74) is 0.728. The Morgan fingerprint density at radius 1 is 0.800 bits per heavy atom. The SMILES string of the molecule is CCCCCCCCc1c(O)n(CCCC)c(=O)n1CCCCCCC(=O)OCC. The molecule has 1 N–H and O–H groups in total. The van der Waals surface area contributed by atoms with Crippen LogP contribution in [0.15, 0.2) is 4.79 Å². The summed E-state index contributed by atoms with van der Waals surface area (Å²) in [6.07, 6.45) is 13.9. The summed E-state index contributed by atoms with van der Waals surface area (Å²) in [5.74, 6) is 0.0391. The molecular formula is C24H44N2O4. The quantitative estimate of drug-likeness (QED) is 0.247. The van der Waals surface area contributed by atoms with Gasteiger partial charge >= 0.3 is 11.7 Å². The van der Waals surface area contributed by atoms with Crippen molar-refractivity contribution >= 4 is 5.97 Å². The summed E-state index contributed by atoms with van der Waals surface area (Å²) >= 11 is 0. The van der Waals surface area contributed by atoms with E-state index < -0.39 is 0 Å². The maximum Gasteiger partial charge on any atom is 0.331 e. The summed E-state index contributed by atoms with van der Waals surface area (Å²) in [6.45, 7) is 7.77. The van der Waals surface area contributed by atoms with E-state index in [1.54, 1.807) is 9.13 Å². The zero-order valence-electron chi connectivity index (χ0n) is 19.6. The van der Waals surface area contributed by atoms with E-state index in [0.717, 1.165) is 63.5 Å². The standard InChI is InChI=1S/C24H44N2O4/c1-4-7-9-10-11-14-17-21-23(28)26(19-8-5-2)24(29)25(21)20-16-13-12-15-18-22(27)30-6-3/h28H,4-20H2,1-3H3. The molecule has 0 atom stereocenters. The van der Waals surface area contributed by atoms with Crippen molar-refractivity contribution in [1.29, 1.82) is 0 Å². The third-order valence-electron chi connectivity index (χ3n) is 5.62. The van der Waals surface area contributed by atoms with Gasteiger partial charge in [-0.1, -0.05) is 65.2 Å². The van der Waals surface area contributed by atoms with Crippen molar-refractivity contribution in [3.63, 3.8) is 0 Å². The van der Waals surface area contributed by atoms with Crippen molar-refractivity contribution < 1.29 is 14.6 Å². The Kier molecular flexibility index (Phi) is 14.1. The van der Waals surface area contributed by atoms with Crippen LogP contribution >= 0.6 is 0 Å². The number of hydrogen-bond donors (Lipinski definition) is 1. The van der Waals surface area contributed by atoms with Gasteiger partial charge < -0.3 is 9.84 Å². The fourth-order valence-electron chi connectivity index (χ4n) is 3.82. The van der Waals surface area contributed by atoms with Crippen molar-refractivity contribution in [3.05, 3.63) is 16.2 Å². The van der Waals surface area contributed by atoms with E-state index in [0.29, 0.717) is 26.1 Å². The third kappa shape index (κ3) is 9.40. The first-order valence-electron chi connectivity index (χ1n) is 12.2. The molecule has 1 aromatic heterocycles. The molecule has 6 heteroatoms. The van der Waals surface area contributed by atoms with Crippen LogP contribution in [0.4, 0.5) is 0 Å². The monoisotopic (exact) mass is 424 g/mol. The first kappa shape index (κ1) is 26.3. The molecule has 1 aromatic rings. The number of esters is 1. The fraction of sp³-hybridized carbons (Fsp3) is 0.833. The Balaban J connectivity index is 2.60. The number of aromatic hydroxyl groups is 1. The van der Waals surface area contributed by atoms with Gasteiger partial charge in [0, 0.05) is 19.5 Å². The molecule has 30 heavy (non-hydrogen) atoms. The van der Waals surface area contributed by atoms with Crippen molar-refractivity contribution in [2.24, 2.45) is 0 Å². The maximum absolute atomic E-state index is 12.9. The minimum atomic E-state index is -0.132. The van der Waals surface area contributed by atoms with Gasteiger partial charge in [-0.15, -0.1) is 0 Å². The molecule has 1 rings (SSSR count). The Bertz CT molecular complexity index is 648. The molecule has 0 amide bonds. The molecule has 6 nitrogen and oxygen atoms in total. The van der Waals surface area contributed by atoms with Gasteiger partial charge in [-0.3, -0.25) is 13.9 Å². The van der Waals surface area contributed by atoms with Gasteiger partial charge in [-0.2, -0.15) is 0 Å². The van der Waals surface area contributed by atoms with E-state index in [1.165, 1.54) is 25.7 Å². The minimum absolute atomic E-state index is 0.0755. The highest BCUT2D eigenvalue weighted by atomic mass is 16.5. The molecule has 0 aromatic carbocycles. The number of carbonyl (C=O) groups is 1. The molecule has 0 radical (unpaired) electrons. The number of nitrogens with zero attached hydrogens (tertiary/aromatic N) is 2. The van der Waals surface area contributed by atoms with Crippen molar-refractivity contribution in [3.8, 4) is 5.88 Å². The van der Waals surface area contributed by atoms with Crippen LogP contribution in [-0.4, -0.2) is 26.8 Å². The van der Waals surface area contributed by atoms with Crippen LogP contribution in [0.25, 0.3) is 0 Å². The van der Waals surface area contributed by atoms with Crippen molar-refractivity contribution in [1.82, 2.24) is 9.13 Å². The van der Waals surface area contributed by atoms with Gasteiger partial charge in [0.2, 0.25) is 5.88 Å². The van der Waals surface area contributed by atoms with E-state index >= 15 is 0 Å². The Hall–Kier alpha value is -1.72. The lowest BCUT2D eigenvalue weighted by Gasteiger charge is -2.08. The molecule has 0 bridgehead atoms. The normalized spacial score (nSPS) is 11.2. The average Bonchev–Trinajstić information content (AvgIpc) is 2.95. The van der Waals surface area contributed by atoms with Crippen LogP contribution in [0.3, 0.4) is 0 Å². The Morgan fingerprint density at radius 2 is 1.40 bits per heavy atom. The number of imidazole rings is 1. The van der Waals surface area contributed by atoms with E-state index in [4.69, 9.17) is 4.74 Å². The predicted octanol–water partition coefficient (Wildman–Crippen LogP) is 5.57. The molecule has 0 fully saturated rings. The second-order valence-electron chi connectivity index (χ2n) is 8.20. The smallest absolute Gasteiger partial charge is 0.331 e. The molecule has 0 unspecified atom stereocenters. The number of unbranched alkanes of at least 4 members (excludes halogenated alkanes) is 9. The Labute approximate surface area is 182 Å². The van der Waals surface area contributed by atoms with E-state index in [2.05, 4.69) is 13.8 Å². The van der Waals surface area contributed by atoms with E-state index in [9.17, 15) is 14.7 Å². The largest absolute Gasteiger partial charge is 0.493 e. The van der Waals surface area contributed by atoms with Gasteiger partial charge in [0.15, 0.2) is 0 Å². The summed E-state index contributed by atoms with van der Waals surface area (Å²) < 4.78 is 8.30. The van der Waals surface area contributed by atoms with Gasteiger partial charge in [-0.25, -0.2) is 4.79 Å². The van der Waals surface area contributed by atoms with Crippen molar-refractivity contribution in [2.45, 2.75) is 124 Å². The maximum atomic E-state index is 12.9. The molecule has 1 heterocycles. The van der Waals surface area contributed by atoms with Crippen LogP contribution < -0.4 is 5.69 Å². The predicted molar refractivity (Wildman–Crippen MR) is 122 cm³/mol. The fourth-order valence-corrected chi connectivity index (χ4v) is 3.82. The highest BCUT2D eigenvalue weighted by Gasteiger charge is 2.18. The average molecular weight is 425 g/mol. The van der Waals surface area contributed by atoms with Crippen LogP contribution in [-0.2, 0) is 29.0 Å². The highest BCUT2D eigenvalue weighted by Crippen LogP contribution is 2.21. The lowest BCUT2D eigenvalue weighted by atomic mass is 10.1. The first-order chi connectivity index (χ1) is 14.6. The number of ether oxygens (including phenoxy) is 1. The second kappa shape index (κ2) is 16.0. The van der Waals surface area contributed by atoms with Crippen LogP contribution in [0.5, 0.6) is 5.88 Å². The molecule has 0 aliphatic heterocycles. The highest BCUT2D eigenvalue weighted by molar-refractivity contribution is 5.69. The summed E-state index contributed by atoms with van der Waals surface area (Å²) in [6, 6.07) is 0. The van der Waals surface area contributed by atoms with E-state index in [1.807, 2.05) is 6.92 Å². The van der Waals surface area contributed by atoms with Crippen LogP contribution in [0, 0.1) is 0 Å². The third-order valence-corrected chi connectivity index (χ3v) is 5.62. The molecule has 0 saturated heterocycles. The van der Waals surface area contributed by atoms with Gasteiger partial charge in [0.1, 0.15) is 0 Å². The minimum Gasteiger partial charge on any atom is -0.493 e. The van der Waals surface area contributed by atoms with E-state index in [-0.39, 0.29) is 17.5 Å². The number of aromatic nitrogens is 2. The van der Waals surface area contributed by atoms with Crippen LogP contribution in [0.1, 0.15) is 110 Å². The summed E-state index contributed by atoms with van der Waals surface area (Å²) in [7, 11) is 0. The van der Waals surface area contributed by atoms with Gasteiger partial charge in [-0.05, 0) is 39.0 Å². The van der Waals surface area contributed by atoms with Crippen molar-refractivity contribution in [2.75, 3.05) is 6.61 Å². The lowest BCUT2D eigenvalue weighted by molar-refractivity contribution is -0.143. The first-order valence-corrected chi connectivity index (χ1v) is 12.2. The molecule has 0 saturated carbocycles. The molecule has 0 spiro atoms. The molecule has 0 aliphatic rings. The van der Waals surface area contributed by atoms with Gasteiger partial charge in [0.05, 0.1) is 12.3 Å². The Morgan fingerprint density at radius 3 is 2.10 bits per heavy atom. The zero-order chi connectivity index (χ0) is 22.2. The lowest BCUT2D eigenvalue weighted by Crippen LogP contribution is -2.25. The topological polar surface area (TPSA) is 73.5 Å². The second-order valence-corrected chi connectivity index (χ2v) is 8.20. The molecule has 174 valence electrons. The number of carbonyl (C=O) groups excluding carboxylic acids is 1. The summed E-state index contributed by atoms with van der Waals surface area (Å²) in [5, 5.41) is 10.7. The number of rotatable bonds is 18. The molecule has 0 aliphatic carbocycles.